The molecule has 0 aliphatic carbocycles. The van der Waals surface area contributed by atoms with Gasteiger partial charge in [0.05, 0.1) is 0 Å². The van der Waals surface area contributed by atoms with Crippen molar-refractivity contribution in [2.45, 2.75) is 20.4 Å². The lowest BCUT2D eigenvalue weighted by molar-refractivity contribution is -0.124. The van der Waals surface area contributed by atoms with Crippen molar-refractivity contribution in [2.75, 3.05) is 6.61 Å². The molecule has 2 heterocycles. The highest BCUT2D eigenvalue weighted by molar-refractivity contribution is 5.88. The lowest BCUT2D eigenvalue weighted by Crippen LogP contribution is -2.28. The average Bonchev–Trinajstić information content (AvgIpc) is 3.03. The minimum atomic E-state index is -0.766. The van der Waals surface area contributed by atoms with Gasteiger partial charge in [0.15, 0.2) is 6.61 Å². The second kappa shape index (κ2) is 7.08. The highest BCUT2D eigenvalue weighted by Crippen LogP contribution is 2.06. The lowest BCUT2D eigenvalue weighted by Gasteiger charge is -2.05. The Morgan fingerprint density at radius 2 is 1.92 bits per heavy atom. The van der Waals surface area contributed by atoms with Crippen LogP contribution in [-0.2, 0) is 16.1 Å². The second-order valence-electron chi connectivity index (χ2n) is 5.52. The number of rotatable bonds is 5. The first-order chi connectivity index (χ1) is 12.0. The number of nitrogens with one attached hydrogen (secondary N) is 1. The minimum Gasteiger partial charge on any atom is -0.450 e. The molecule has 0 radical (unpaired) electrons. The van der Waals surface area contributed by atoms with Gasteiger partial charge in [-0.15, -0.1) is 5.10 Å². The van der Waals surface area contributed by atoms with Crippen molar-refractivity contribution in [3.63, 3.8) is 0 Å². The Labute approximate surface area is 143 Å². The van der Waals surface area contributed by atoms with Crippen molar-refractivity contribution in [1.82, 2.24) is 24.9 Å². The van der Waals surface area contributed by atoms with Crippen LogP contribution < -0.4 is 5.32 Å². The first-order valence-corrected chi connectivity index (χ1v) is 7.71. The number of aryl methyl sites for hydroxylation is 2. The number of aromatic nitrogens is 4. The number of fused-ring (bicyclic) bond motifs is 1. The smallest absolute Gasteiger partial charge is 0.378 e. The van der Waals surface area contributed by atoms with E-state index in [1.165, 1.54) is 4.52 Å². The van der Waals surface area contributed by atoms with E-state index >= 15 is 0 Å². The Hall–Kier alpha value is -3.29. The largest absolute Gasteiger partial charge is 0.450 e. The van der Waals surface area contributed by atoms with Crippen LogP contribution in [0, 0.1) is 13.8 Å². The van der Waals surface area contributed by atoms with Crippen LogP contribution in [0.5, 0.6) is 0 Å². The third kappa shape index (κ3) is 3.97. The summed E-state index contributed by atoms with van der Waals surface area (Å²) in [6.07, 6.45) is 0. The fourth-order valence-corrected chi connectivity index (χ4v) is 2.30. The summed E-state index contributed by atoms with van der Waals surface area (Å²) in [5.74, 6) is -0.974. The van der Waals surface area contributed by atoms with Crippen LogP contribution in [-0.4, -0.2) is 38.1 Å². The van der Waals surface area contributed by atoms with Gasteiger partial charge in [0.1, 0.15) is 0 Å². The maximum Gasteiger partial charge on any atom is 0.378 e. The molecule has 1 amide bonds. The molecule has 1 aromatic carbocycles. The molecule has 1 N–H and O–H groups in total. The van der Waals surface area contributed by atoms with Gasteiger partial charge in [-0.1, -0.05) is 30.3 Å². The maximum atomic E-state index is 12.0. The molecule has 128 valence electrons. The number of carbonyl (C=O) groups is 2. The number of esters is 1. The Kier molecular flexibility index (Phi) is 4.69. The zero-order chi connectivity index (χ0) is 17.8. The van der Waals surface area contributed by atoms with E-state index in [9.17, 15) is 9.59 Å². The molecular weight excluding hydrogens is 322 g/mol. The van der Waals surface area contributed by atoms with Crippen molar-refractivity contribution in [3.05, 3.63) is 59.2 Å². The van der Waals surface area contributed by atoms with E-state index in [2.05, 4.69) is 20.4 Å². The zero-order valence-corrected chi connectivity index (χ0v) is 13.9. The molecule has 8 heteroatoms. The number of amides is 1. The first kappa shape index (κ1) is 16.6. The summed E-state index contributed by atoms with van der Waals surface area (Å²) >= 11 is 0. The monoisotopic (exact) mass is 339 g/mol. The highest BCUT2D eigenvalue weighted by Gasteiger charge is 2.17. The van der Waals surface area contributed by atoms with Gasteiger partial charge in [-0.3, -0.25) is 4.79 Å². The van der Waals surface area contributed by atoms with E-state index in [-0.39, 0.29) is 5.82 Å². The fraction of sp³-hybridized carbons (Fsp3) is 0.235. The third-order valence-corrected chi connectivity index (χ3v) is 3.47. The molecule has 3 aromatic rings. The molecule has 3 rings (SSSR count). The van der Waals surface area contributed by atoms with Gasteiger partial charge in [0.25, 0.3) is 17.5 Å². The number of benzene rings is 1. The van der Waals surface area contributed by atoms with Gasteiger partial charge < -0.3 is 10.1 Å². The summed E-state index contributed by atoms with van der Waals surface area (Å²) in [5.41, 5.74) is 2.54. The molecule has 0 aliphatic rings. The van der Waals surface area contributed by atoms with Gasteiger partial charge >= 0.3 is 5.97 Å². The van der Waals surface area contributed by atoms with Gasteiger partial charge in [0.2, 0.25) is 0 Å². The summed E-state index contributed by atoms with van der Waals surface area (Å²) in [7, 11) is 0. The van der Waals surface area contributed by atoms with Crippen molar-refractivity contribution >= 4 is 17.7 Å². The van der Waals surface area contributed by atoms with Crippen molar-refractivity contribution < 1.29 is 14.3 Å². The minimum absolute atomic E-state index is 0.128. The summed E-state index contributed by atoms with van der Waals surface area (Å²) in [6, 6.07) is 11.3. The molecule has 2 aromatic heterocycles. The maximum absolute atomic E-state index is 12.0. The third-order valence-electron chi connectivity index (χ3n) is 3.47. The molecule has 8 nitrogen and oxygen atoms in total. The van der Waals surface area contributed by atoms with Gasteiger partial charge in [-0.05, 0) is 25.5 Å². The molecule has 0 unspecified atom stereocenters. The number of ether oxygens (including phenoxy) is 1. The number of hydrogen-bond donors (Lipinski definition) is 1. The Bertz CT molecular complexity index is 921. The van der Waals surface area contributed by atoms with Crippen LogP contribution in [0.3, 0.4) is 0 Å². The Morgan fingerprint density at radius 1 is 1.16 bits per heavy atom. The second-order valence-corrected chi connectivity index (χ2v) is 5.52. The van der Waals surface area contributed by atoms with E-state index in [0.717, 1.165) is 17.0 Å². The lowest BCUT2D eigenvalue weighted by atomic mass is 10.2. The van der Waals surface area contributed by atoms with Gasteiger partial charge in [0, 0.05) is 17.9 Å². The number of hydrogen-bond acceptors (Lipinski definition) is 6. The van der Waals surface area contributed by atoms with Crippen molar-refractivity contribution in [2.24, 2.45) is 0 Å². The van der Waals surface area contributed by atoms with Crippen LogP contribution in [0.1, 0.15) is 27.6 Å². The van der Waals surface area contributed by atoms with Crippen LogP contribution in [0.4, 0.5) is 0 Å². The molecule has 0 aliphatic heterocycles. The molecule has 0 atom stereocenters. The van der Waals surface area contributed by atoms with Crippen LogP contribution in [0.15, 0.2) is 36.4 Å². The average molecular weight is 339 g/mol. The van der Waals surface area contributed by atoms with Gasteiger partial charge in [-0.25, -0.2) is 14.3 Å². The van der Waals surface area contributed by atoms with E-state index in [1.807, 2.05) is 50.2 Å². The predicted molar refractivity (Wildman–Crippen MR) is 88.8 cm³/mol. The molecule has 0 spiro atoms. The van der Waals surface area contributed by atoms with Crippen LogP contribution in [0.2, 0.25) is 0 Å². The van der Waals surface area contributed by atoms with E-state index in [4.69, 9.17) is 4.74 Å². The summed E-state index contributed by atoms with van der Waals surface area (Å²) in [6.45, 7) is 3.64. The first-order valence-electron chi connectivity index (χ1n) is 7.71. The van der Waals surface area contributed by atoms with Gasteiger partial charge in [-0.2, -0.15) is 4.98 Å². The standard InChI is InChI=1S/C17H17N5O3/c1-11-8-12(2)22-17(19-11)20-15(21-22)16(24)25-10-14(23)18-9-13-6-4-3-5-7-13/h3-8H,9-10H2,1-2H3,(H,18,23). The molecule has 0 saturated carbocycles. The van der Waals surface area contributed by atoms with E-state index in [0.29, 0.717) is 12.3 Å². The summed E-state index contributed by atoms with van der Waals surface area (Å²) in [4.78, 5) is 32.0. The van der Waals surface area contributed by atoms with Crippen molar-refractivity contribution in [1.29, 1.82) is 0 Å². The molecule has 0 fully saturated rings. The fourth-order valence-electron chi connectivity index (χ4n) is 2.30. The Balaban J connectivity index is 1.57. The van der Waals surface area contributed by atoms with E-state index in [1.54, 1.807) is 0 Å². The number of nitrogens with zero attached hydrogens (tertiary/aromatic N) is 4. The molecule has 25 heavy (non-hydrogen) atoms. The topological polar surface area (TPSA) is 98.5 Å². The quantitative estimate of drug-likeness (QED) is 0.702. The normalized spacial score (nSPS) is 10.6. The SMILES string of the molecule is Cc1cc(C)n2nc(C(=O)OCC(=O)NCc3ccccc3)nc2n1. The predicted octanol–water partition coefficient (Wildman–Crippen LogP) is 1.21. The van der Waals surface area contributed by atoms with Crippen LogP contribution in [0.25, 0.3) is 5.78 Å². The molecule has 0 bridgehead atoms. The summed E-state index contributed by atoms with van der Waals surface area (Å²) < 4.78 is 6.42. The number of carbonyl (C=O) groups excluding carboxylic acids is 2. The molecule has 0 saturated heterocycles. The van der Waals surface area contributed by atoms with E-state index < -0.39 is 18.5 Å². The highest BCUT2D eigenvalue weighted by atomic mass is 16.5. The zero-order valence-electron chi connectivity index (χ0n) is 13.9. The van der Waals surface area contributed by atoms with Crippen LogP contribution >= 0.6 is 0 Å². The summed E-state index contributed by atoms with van der Waals surface area (Å²) in [5, 5.41) is 6.74. The molecular formula is C17H17N5O3. The van der Waals surface area contributed by atoms with Crippen molar-refractivity contribution in [3.8, 4) is 0 Å². The Morgan fingerprint density at radius 3 is 2.68 bits per heavy atom.